The molecule has 31 heavy (non-hydrogen) atoms. The van der Waals surface area contributed by atoms with Crippen molar-refractivity contribution >= 4 is 22.8 Å². The van der Waals surface area contributed by atoms with Crippen LogP contribution in [0.2, 0.25) is 0 Å². The van der Waals surface area contributed by atoms with Crippen LogP contribution in [0, 0.1) is 11.3 Å². The number of morpholine rings is 1. The number of anilines is 1. The molecule has 1 aliphatic rings. The molecule has 0 radical (unpaired) electrons. The van der Waals surface area contributed by atoms with E-state index in [9.17, 15) is 10.1 Å². The summed E-state index contributed by atoms with van der Waals surface area (Å²) in [6, 6.07) is 9.61. The molecule has 1 saturated heterocycles. The first kappa shape index (κ1) is 23.0. The fourth-order valence-corrected chi connectivity index (χ4v) is 3.97. The van der Waals surface area contributed by atoms with Gasteiger partial charge in [-0.1, -0.05) is 44.7 Å². The quantitative estimate of drug-likeness (QED) is 0.436. The fourth-order valence-electron chi connectivity index (χ4n) is 3.97. The molecule has 0 aliphatic carbocycles. The maximum Gasteiger partial charge on any atom is 0.329 e. The number of carbonyl (C=O) groups excluding carboxylic acids is 1. The van der Waals surface area contributed by atoms with Crippen LogP contribution in [-0.4, -0.2) is 47.8 Å². The highest BCUT2D eigenvalue weighted by Gasteiger charge is 2.32. The van der Waals surface area contributed by atoms with E-state index in [1.54, 1.807) is 0 Å². The van der Waals surface area contributed by atoms with Crippen LogP contribution >= 0.6 is 0 Å². The molecule has 2 heterocycles. The second kappa shape index (κ2) is 11.1. The summed E-state index contributed by atoms with van der Waals surface area (Å²) < 4.78 is 11.3. The summed E-state index contributed by atoms with van der Waals surface area (Å²) in [4.78, 5) is 24.4. The van der Waals surface area contributed by atoms with Crippen molar-refractivity contribution in [2.24, 2.45) is 0 Å². The Bertz CT molecular complexity index is 917. The van der Waals surface area contributed by atoms with Gasteiger partial charge in [0.05, 0.1) is 35.9 Å². The Morgan fingerprint density at radius 2 is 1.81 bits per heavy atom. The lowest BCUT2D eigenvalue weighted by atomic mass is 10.1. The van der Waals surface area contributed by atoms with Crippen molar-refractivity contribution in [1.29, 1.82) is 5.26 Å². The summed E-state index contributed by atoms with van der Waals surface area (Å²) in [7, 11) is 0. The van der Waals surface area contributed by atoms with Gasteiger partial charge in [0.2, 0.25) is 0 Å². The number of ether oxygens (including phenoxy) is 2. The minimum absolute atomic E-state index is 0.0143. The molecule has 7 nitrogen and oxygen atoms in total. The van der Waals surface area contributed by atoms with E-state index in [4.69, 9.17) is 19.4 Å². The molecule has 1 aliphatic heterocycles. The third kappa shape index (κ3) is 5.92. The number of esters is 1. The Morgan fingerprint density at radius 3 is 2.45 bits per heavy atom. The van der Waals surface area contributed by atoms with E-state index in [-0.39, 0.29) is 12.2 Å². The normalized spacial score (nSPS) is 19.7. The molecule has 1 fully saturated rings. The molecule has 3 rings (SSSR count). The average molecular weight is 425 g/mol. The molecule has 0 saturated carbocycles. The van der Waals surface area contributed by atoms with Crippen molar-refractivity contribution in [3.63, 3.8) is 0 Å². The van der Waals surface area contributed by atoms with Gasteiger partial charge in [-0.15, -0.1) is 0 Å². The van der Waals surface area contributed by atoms with Crippen LogP contribution in [-0.2, 0) is 14.3 Å². The molecule has 1 aromatic heterocycles. The van der Waals surface area contributed by atoms with Gasteiger partial charge in [0.1, 0.15) is 5.69 Å². The largest absolute Gasteiger partial charge is 0.464 e. The highest BCUT2D eigenvalue weighted by molar-refractivity contribution is 5.85. The number of hydrogen-bond donors (Lipinski definition) is 0. The topological polar surface area (TPSA) is 88.3 Å². The Labute approximate surface area is 184 Å². The third-order valence-electron chi connectivity index (χ3n) is 5.43. The van der Waals surface area contributed by atoms with Crippen LogP contribution in [0.5, 0.6) is 0 Å². The maximum atomic E-state index is 12.8. The summed E-state index contributed by atoms with van der Waals surface area (Å²) in [6.45, 7) is 7.74. The van der Waals surface area contributed by atoms with Crippen molar-refractivity contribution in [1.82, 2.24) is 9.97 Å². The van der Waals surface area contributed by atoms with E-state index >= 15 is 0 Å². The number of aromatic nitrogens is 2. The lowest BCUT2D eigenvalue weighted by Gasteiger charge is -2.37. The van der Waals surface area contributed by atoms with Crippen molar-refractivity contribution in [2.45, 2.75) is 71.0 Å². The number of rotatable bonds is 9. The van der Waals surface area contributed by atoms with Gasteiger partial charge in [-0.3, -0.25) is 4.79 Å². The van der Waals surface area contributed by atoms with E-state index in [1.807, 2.05) is 38.1 Å². The van der Waals surface area contributed by atoms with E-state index < -0.39 is 11.9 Å². The molecule has 0 amide bonds. The van der Waals surface area contributed by atoms with Gasteiger partial charge in [-0.2, -0.15) is 5.26 Å². The minimum Gasteiger partial charge on any atom is -0.464 e. The molecule has 3 atom stereocenters. The van der Waals surface area contributed by atoms with Crippen LogP contribution in [0.3, 0.4) is 0 Å². The smallest absolute Gasteiger partial charge is 0.329 e. The Morgan fingerprint density at radius 1 is 1.16 bits per heavy atom. The highest BCUT2D eigenvalue weighted by atomic mass is 16.5. The van der Waals surface area contributed by atoms with Crippen molar-refractivity contribution in [3.8, 4) is 6.07 Å². The van der Waals surface area contributed by atoms with Gasteiger partial charge < -0.3 is 14.4 Å². The number of hydrogen-bond acceptors (Lipinski definition) is 7. The van der Waals surface area contributed by atoms with Crippen LogP contribution < -0.4 is 4.90 Å². The average Bonchev–Trinajstić information content (AvgIpc) is 2.75. The van der Waals surface area contributed by atoms with E-state index in [0.29, 0.717) is 36.7 Å². The number of nitriles is 1. The standard InChI is InChI=1S/C24H32N4O3/c1-4-5-6-7-10-13-30-24(29)19(14-25)22-23(28-15-17(2)31-18(3)16-28)27-21-12-9-8-11-20(21)26-22/h8-9,11-12,17-19H,4-7,10,13,15-16H2,1-3H3/t17-,18-,19+/m1/s1. The predicted octanol–water partition coefficient (Wildman–Crippen LogP) is 4.36. The van der Waals surface area contributed by atoms with Gasteiger partial charge in [0.15, 0.2) is 11.7 Å². The highest BCUT2D eigenvalue weighted by Crippen LogP contribution is 2.30. The molecule has 166 valence electrons. The second-order valence-electron chi connectivity index (χ2n) is 8.23. The van der Waals surface area contributed by atoms with Gasteiger partial charge in [0, 0.05) is 13.1 Å². The van der Waals surface area contributed by atoms with E-state index in [0.717, 1.165) is 24.8 Å². The number of nitrogens with zero attached hydrogens (tertiary/aromatic N) is 4. The summed E-state index contributed by atoms with van der Waals surface area (Å²) in [5.74, 6) is -1.11. The molecule has 0 unspecified atom stereocenters. The monoisotopic (exact) mass is 424 g/mol. The van der Waals surface area contributed by atoms with Crippen LogP contribution in [0.15, 0.2) is 24.3 Å². The van der Waals surface area contributed by atoms with Crippen molar-refractivity contribution in [3.05, 3.63) is 30.0 Å². The van der Waals surface area contributed by atoms with Gasteiger partial charge in [0.25, 0.3) is 0 Å². The summed E-state index contributed by atoms with van der Waals surface area (Å²) >= 11 is 0. The predicted molar refractivity (Wildman–Crippen MR) is 120 cm³/mol. The molecule has 1 aromatic carbocycles. The second-order valence-corrected chi connectivity index (χ2v) is 8.23. The maximum absolute atomic E-state index is 12.8. The van der Waals surface area contributed by atoms with Crippen molar-refractivity contribution < 1.29 is 14.3 Å². The molecule has 0 bridgehead atoms. The molecular weight excluding hydrogens is 392 g/mol. The SMILES string of the molecule is CCCCCCCOC(=O)[C@@H](C#N)c1nc2ccccc2nc1N1C[C@@H](C)O[C@H](C)C1. The zero-order valence-electron chi connectivity index (χ0n) is 18.7. The minimum atomic E-state index is -1.11. The molecular formula is C24H32N4O3. The zero-order chi connectivity index (χ0) is 22.2. The summed E-state index contributed by atoms with van der Waals surface area (Å²) in [5.41, 5.74) is 1.75. The molecule has 0 N–H and O–H groups in total. The zero-order valence-corrected chi connectivity index (χ0v) is 18.7. The molecule has 0 spiro atoms. The summed E-state index contributed by atoms with van der Waals surface area (Å²) in [6.07, 6.45) is 5.32. The number of benzene rings is 1. The first-order chi connectivity index (χ1) is 15.0. The van der Waals surface area contributed by atoms with E-state index in [1.165, 1.54) is 12.8 Å². The number of unbranched alkanes of at least 4 members (excludes halogenated alkanes) is 4. The van der Waals surface area contributed by atoms with Crippen LogP contribution in [0.1, 0.15) is 64.5 Å². The third-order valence-corrected chi connectivity index (χ3v) is 5.43. The van der Waals surface area contributed by atoms with Crippen LogP contribution in [0.25, 0.3) is 11.0 Å². The number of carbonyl (C=O) groups is 1. The Balaban J connectivity index is 1.85. The lowest BCUT2D eigenvalue weighted by molar-refractivity contribution is -0.144. The molecule has 2 aromatic rings. The van der Waals surface area contributed by atoms with Gasteiger partial charge >= 0.3 is 5.97 Å². The Kier molecular flexibility index (Phi) is 8.19. The Hall–Kier alpha value is -2.72. The van der Waals surface area contributed by atoms with Crippen molar-refractivity contribution in [2.75, 3.05) is 24.6 Å². The first-order valence-corrected chi connectivity index (χ1v) is 11.3. The van der Waals surface area contributed by atoms with Crippen LogP contribution in [0.4, 0.5) is 5.82 Å². The lowest BCUT2D eigenvalue weighted by Crippen LogP contribution is -2.46. The van der Waals surface area contributed by atoms with Gasteiger partial charge in [-0.25, -0.2) is 9.97 Å². The number of para-hydroxylation sites is 2. The summed E-state index contributed by atoms with van der Waals surface area (Å²) in [5, 5.41) is 9.86. The first-order valence-electron chi connectivity index (χ1n) is 11.3. The molecule has 7 heteroatoms. The van der Waals surface area contributed by atoms with Gasteiger partial charge in [-0.05, 0) is 32.4 Å². The van der Waals surface area contributed by atoms with E-state index in [2.05, 4.69) is 17.9 Å². The fraction of sp³-hybridized carbons (Fsp3) is 0.583. The number of fused-ring (bicyclic) bond motifs is 1.